The molecule has 1 N–H and O–H groups in total. The number of hydrogen-bond acceptors (Lipinski definition) is 2. The van der Waals surface area contributed by atoms with Gasteiger partial charge in [-0.3, -0.25) is 9.69 Å². The molecule has 2 aromatic carbocycles. The molecule has 0 saturated carbocycles. The number of carbonyl (C=O) groups is 1. The van der Waals surface area contributed by atoms with Crippen LogP contribution in [0.3, 0.4) is 0 Å². The molecule has 0 radical (unpaired) electrons. The maximum atomic E-state index is 12.4. The summed E-state index contributed by atoms with van der Waals surface area (Å²) in [5.41, 5.74) is 1.78. The van der Waals surface area contributed by atoms with E-state index < -0.39 is 0 Å². The van der Waals surface area contributed by atoms with Crippen LogP contribution in [0.4, 0.5) is 0 Å². The van der Waals surface area contributed by atoms with E-state index in [1.54, 1.807) is 0 Å². The highest BCUT2D eigenvalue weighted by molar-refractivity contribution is 6.31. The smallest absolute Gasteiger partial charge is 0.251 e. The number of rotatable bonds is 5. The van der Waals surface area contributed by atoms with E-state index in [0.29, 0.717) is 12.1 Å². The predicted octanol–water partition coefficient (Wildman–Crippen LogP) is 4.30. The van der Waals surface area contributed by atoms with Gasteiger partial charge in [0, 0.05) is 17.1 Å². The monoisotopic (exact) mass is 342 g/mol. The lowest BCUT2D eigenvalue weighted by atomic mass is 10.0. The second-order valence-corrected chi connectivity index (χ2v) is 6.62. The van der Waals surface area contributed by atoms with Crippen molar-refractivity contribution >= 4 is 17.5 Å². The van der Waals surface area contributed by atoms with Gasteiger partial charge in [-0.2, -0.15) is 0 Å². The van der Waals surface area contributed by atoms with E-state index in [0.717, 1.165) is 23.7 Å². The topological polar surface area (TPSA) is 32.3 Å². The summed E-state index contributed by atoms with van der Waals surface area (Å²) in [7, 11) is 0. The zero-order valence-electron chi connectivity index (χ0n) is 13.7. The van der Waals surface area contributed by atoms with E-state index in [1.165, 1.54) is 19.3 Å². The lowest BCUT2D eigenvalue weighted by Crippen LogP contribution is -2.40. The largest absolute Gasteiger partial charge is 0.350 e. The number of likely N-dealkylation sites (tertiary alicyclic amines) is 1. The molecule has 4 heteroatoms. The zero-order chi connectivity index (χ0) is 16.8. The van der Waals surface area contributed by atoms with Crippen molar-refractivity contribution in [3.63, 3.8) is 0 Å². The third-order valence-electron chi connectivity index (χ3n) is 4.59. The fourth-order valence-electron chi connectivity index (χ4n) is 3.29. The minimum Gasteiger partial charge on any atom is -0.350 e. The van der Waals surface area contributed by atoms with Gasteiger partial charge in [0.2, 0.25) is 0 Å². The van der Waals surface area contributed by atoms with Crippen molar-refractivity contribution in [3.8, 4) is 0 Å². The van der Waals surface area contributed by atoms with E-state index in [1.807, 2.05) is 48.5 Å². The first-order chi connectivity index (χ1) is 11.8. The minimum atomic E-state index is -0.0373. The van der Waals surface area contributed by atoms with Crippen LogP contribution >= 0.6 is 11.6 Å². The Hall–Kier alpha value is -1.84. The lowest BCUT2D eigenvalue weighted by Gasteiger charge is -2.35. The van der Waals surface area contributed by atoms with Crippen molar-refractivity contribution < 1.29 is 4.79 Å². The van der Waals surface area contributed by atoms with Crippen molar-refractivity contribution in [1.29, 1.82) is 0 Å². The average molecular weight is 343 g/mol. The van der Waals surface area contributed by atoms with E-state index in [-0.39, 0.29) is 11.9 Å². The van der Waals surface area contributed by atoms with E-state index in [9.17, 15) is 4.79 Å². The van der Waals surface area contributed by atoms with Gasteiger partial charge in [0.25, 0.3) is 5.91 Å². The van der Waals surface area contributed by atoms with Crippen LogP contribution in [0.2, 0.25) is 5.02 Å². The number of amides is 1. The second-order valence-electron chi connectivity index (χ2n) is 6.21. The lowest BCUT2D eigenvalue weighted by molar-refractivity contribution is 0.0924. The van der Waals surface area contributed by atoms with Crippen LogP contribution in [-0.2, 0) is 0 Å². The Morgan fingerprint density at radius 1 is 1.00 bits per heavy atom. The molecule has 1 amide bonds. The summed E-state index contributed by atoms with van der Waals surface area (Å²) in [6.45, 7) is 2.67. The molecule has 0 unspecified atom stereocenters. The third kappa shape index (κ3) is 4.16. The Labute approximate surface area is 148 Å². The number of nitrogens with zero attached hydrogens (tertiary/aromatic N) is 1. The quantitative estimate of drug-likeness (QED) is 0.878. The summed E-state index contributed by atoms with van der Waals surface area (Å²) in [6, 6.07) is 17.4. The molecular weight excluding hydrogens is 320 g/mol. The van der Waals surface area contributed by atoms with Crippen molar-refractivity contribution in [1.82, 2.24) is 10.2 Å². The molecule has 2 aromatic rings. The summed E-state index contributed by atoms with van der Waals surface area (Å²) < 4.78 is 0. The summed E-state index contributed by atoms with van der Waals surface area (Å²) in [6.07, 6.45) is 3.68. The van der Waals surface area contributed by atoms with E-state index >= 15 is 0 Å². The number of nitrogens with one attached hydrogen (secondary N) is 1. The highest BCUT2D eigenvalue weighted by Gasteiger charge is 2.24. The van der Waals surface area contributed by atoms with Crippen LogP contribution in [0.5, 0.6) is 0 Å². The normalized spacial score (nSPS) is 16.5. The molecule has 1 atom stereocenters. The molecule has 0 aromatic heterocycles. The Balaban J connectivity index is 1.75. The van der Waals surface area contributed by atoms with Crippen molar-refractivity contribution in [2.24, 2.45) is 0 Å². The molecule has 126 valence electrons. The first kappa shape index (κ1) is 17.0. The highest BCUT2D eigenvalue weighted by atomic mass is 35.5. The average Bonchev–Trinajstić information content (AvgIpc) is 2.65. The van der Waals surface area contributed by atoms with Gasteiger partial charge in [0.15, 0.2) is 0 Å². The predicted molar refractivity (Wildman–Crippen MR) is 98.4 cm³/mol. The molecule has 3 rings (SSSR count). The summed E-state index contributed by atoms with van der Waals surface area (Å²) in [5, 5.41) is 3.85. The molecule has 24 heavy (non-hydrogen) atoms. The molecule has 0 spiro atoms. The first-order valence-electron chi connectivity index (χ1n) is 8.57. The Morgan fingerprint density at radius 2 is 1.67 bits per heavy atom. The second kappa shape index (κ2) is 8.32. The van der Waals surface area contributed by atoms with Crippen molar-refractivity contribution in [2.75, 3.05) is 19.6 Å². The summed E-state index contributed by atoms with van der Waals surface area (Å²) in [5.74, 6) is -0.0373. The third-order valence-corrected chi connectivity index (χ3v) is 4.93. The van der Waals surface area contributed by atoms with Gasteiger partial charge in [-0.25, -0.2) is 0 Å². The Morgan fingerprint density at radius 3 is 2.38 bits per heavy atom. The van der Waals surface area contributed by atoms with Crippen LogP contribution in [0.15, 0.2) is 54.6 Å². The fourth-order valence-corrected chi connectivity index (χ4v) is 3.55. The number of hydrogen-bond donors (Lipinski definition) is 1. The SMILES string of the molecule is O=C(NC[C@H](c1ccccc1Cl)N1CCCCC1)c1ccccc1. The highest BCUT2D eigenvalue weighted by Crippen LogP contribution is 2.29. The van der Waals surface area contributed by atoms with Crippen LogP contribution in [0.25, 0.3) is 0 Å². The number of carbonyl (C=O) groups excluding carboxylic acids is 1. The molecule has 0 bridgehead atoms. The van der Waals surface area contributed by atoms with Gasteiger partial charge in [0.1, 0.15) is 0 Å². The van der Waals surface area contributed by atoms with Gasteiger partial charge in [-0.15, -0.1) is 0 Å². The zero-order valence-corrected chi connectivity index (χ0v) is 14.5. The number of benzene rings is 2. The number of halogens is 1. The number of piperidine rings is 1. The fraction of sp³-hybridized carbons (Fsp3) is 0.350. The Bertz CT molecular complexity index is 668. The maximum absolute atomic E-state index is 12.4. The van der Waals surface area contributed by atoms with Gasteiger partial charge in [-0.1, -0.05) is 54.4 Å². The molecule has 1 aliphatic rings. The summed E-state index contributed by atoms with van der Waals surface area (Å²) in [4.78, 5) is 14.8. The maximum Gasteiger partial charge on any atom is 0.251 e. The standard InChI is InChI=1S/C20H23ClN2O/c21-18-12-6-5-11-17(18)19(23-13-7-2-8-14-23)15-22-20(24)16-9-3-1-4-10-16/h1,3-6,9-12,19H,2,7-8,13-15H2,(H,22,24)/t19-/m1/s1. The van der Waals surface area contributed by atoms with Crippen LogP contribution in [0.1, 0.15) is 41.2 Å². The van der Waals surface area contributed by atoms with E-state index in [4.69, 9.17) is 11.6 Å². The van der Waals surface area contributed by atoms with Gasteiger partial charge < -0.3 is 5.32 Å². The van der Waals surface area contributed by atoms with Crippen LogP contribution in [0, 0.1) is 0 Å². The van der Waals surface area contributed by atoms with Gasteiger partial charge in [-0.05, 0) is 49.7 Å². The molecular formula is C20H23ClN2O. The summed E-state index contributed by atoms with van der Waals surface area (Å²) >= 11 is 6.43. The van der Waals surface area contributed by atoms with Crippen molar-refractivity contribution in [2.45, 2.75) is 25.3 Å². The van der Waals surface area contributed by atoms with Crippen molar-refractivity contribution in [3.05, 3.63) is 70.7 Å². The molecule has 1 aliphatic heterocycles. The molecule has 3 nitrogen and oxygen atoms in total. The molecule has 0 aliphatic carbocycles. The Kier molecular flexibility index (Phi) is 5.89. The van der Waals surface area contributed by atoms with E-state index in [2.05, 4.69) is 16.3 Å². The molecule has 1 saturated heterocycles. The van der Waals surface area contributed by atoms with Crippen LogP contribution < -0.4 is 5.32 Å². The molecule has 1 heterocycles. The van der Waals surface area contributed by atoms with Gasteiger partial charge >= 0.3 is 0 Å². The van der Waals surface area contributed by atoms with Gasteiger partial charge in [0.05, 0.1) is 6.04 Å². The first-order valence-corrected chi connectivity index (χ1v) is 8.95. The van der Waals surface area contributed by atoms with Crippen LogP contribution in [-0.4, -0.2) is 30.4 Å². The minimum absolute atomic E-state index is 0.0373. The molecule has 1 fully saturated rings.